The number of carboxylic acids is 1. The van der Waals surface area contributed by atoms with Gasteiger partial charge in [-0.1, -0.05) is 16.8 Å². The summed E-state index contributed by atoms with van der Waals surface area (Å²) in [5.41, 5.74) is 1.54. The Labute approximate surface area is 120 Å². The van der Waals surface area contributed by atoms with Crippen LogP contribution >= 0.6 is 11.6 Å². The molecule has 0 saturated carbocycles. The van der Waals surface area contributed by atoms with Crippen LogP contribution in [0.3, 0.4) is 0 Å². The van der Waals surface area contributed by atoms with E-state index in [-0.39, 0.29) is 16.8 Å². The fraction of sp³-hybridized carbons (Fsp3) is 0.308. The van der Waals surface area contributed by atoms with Crippen LogP contribution in [0.1, 0.15) is 40.5 Å². The smallest absolute Gasteiger partial charge is 0.356 e. The van der Waals surface area contributed by atoms with Crippen molar-refractivity contribution < 1.29 is 14.4 Å². The lowest BCUT2D eigenvalue weighted by Gasteiger charge is -2.14. The first-order valence-corrected chi connectivity index (χ1v) is 6.37. The van der Waals surface area contributed by atoms with Crippen molar-refractivity contribution in [3.63, 3.8) is 0 Å². The van der Waals surface area contributed by atoms with Gasteiger partial charge in [-0.15, -0.1) is 0 Å². The Bertz CT molecular complexity index is 635. The number of aromatic carboxylic acids is 1. The van der Waals surface area contributed by atoms with Crippen LogP contribution in [0.15, 0.2) is 16.7 Å². The van der Waals surface area contributed by atoms with E-state index in [2.05, 4.69) is 15.5 Å². The summed E-state index contributed by atoms with van der Waals surface area (Å²) in [6, 6.07) is 3.01. The summed E-state index contributed by atoms with van der Waals surface area (Å²) < 4.78 is 5.11. The van der Waals surface area contributed by atoms with Gasteiger partial charge in [-0.3, -0.25) is 0 Å². The molecule has 2 aromatic rings. The van der Waals surface area contributed by atoms with Crippen molar-refractivity contribution in [2.75, 3.05) is 5.32 Å². The summed E-state index contributed by atoms with van der Waals surface area (Å²) in [5.74, 6) is -0.0159. The lowest BCUT2D eigenvalue weighted by molar-refractivity contribution is 0.0691. The van der Waals surface area contributed by atoms with Gasteiger partial charge in [0, 0.05) is 5.56 Å². The highest BCUT2D eigenvalue weighted by molar-refractivity contribution is 6.33. The molecule has 2 heterocycles. The largest absolute Gasteiger partial charge is 0.476 e. The number of halogens is 1. The maximum absolute atomic E-state index is 11.0. The molecule has 0 amide bonds. The topological polar surface area (TPSA) is 88.2 Å². The van der Waals surface area contributed by atoms with Crippen LogP contribution in [-0.2, 0) is 0 Å². The normalized spacial score (nSPS) is 12.2. The summed E-state index contributed by atoms with van der Waals surface area (Å²) in [7, 11) is 0. The van der Waals surface area contributed by atoms with Gasteiger partial charge < -0.3 is 14.9 Å². The molecule has 0 aliphatic heterocycles. The Kier molecular flexibility index (Phi) is 3.94. The zero-order chi connectivity index (χ0) is 14.9. The molecule has 7 heteroatoms. The van der Waals surface area contributed by atoms with Crippen molar-refractivity contribution in [2.45, 2.75) is 26.8 Å². The third-order valence-corrected chi connectivity index (χ3v) is 3.24. The average molecular weight is 296 g/mol. The van der Waals surface area contributed by atoms with Crippen molar-refractivity contribution in [3.8, 4) is 0 Å². The van der Waals surface area contributed by atoms with E-state index in [4.69, 9.17) is 21.2 Å². The maximum Gasteiger partial charge on any atom is 0.356 e. The number of carbonyl (C=O) groups is 1. The highest BCUT2D eigenvalue weighted by Crippen LogP contribution is 2.25. The van der Waals surface area contributed by atoms with E-state index in [1.165, 1.54) is 6.07 Å². The molecule has 0 saturated heterocycles. The number of aryl methyl sites for hydroxylation is 2. The van der Waals surface area contributed by atoms with Gasteiger partial charge in [0.1, 0.15) is 11.6 Å². The first-order valence-electron chi connectivity index (χ1n) is 5.99. The molecule has 2 aromatic heterocycles. The second-order valence-corrected chi connectivity index (χ2v) is 4.84. The van der Waals surface area contributed by atoms with Crippen molar-refractivity contribution >= 4 is 23.4 Å². The molecule has 0 spiro atoms. The van der Waals surface area contributed by atoms with E-state index in [1.54, 1.807) is 6.07 Å². The SMILES string of the molecule is Cc1noc(C)c1C(C)Nc1ccc(Cl)c(C(=O)O)n1. The van der Waals surface area contributed by atoms with Crippen molar-refractivity contribution in [1.29, 1.82) is 0 Å². The van der Waals surface area contributed by atoms with Gasteiger partial charge in [-0.2, -0.15) is 0 Å². The zero-order valence-electron chi connectivity index (χ0n) is 11.3. The molecule has 20 heavy (non-hydrogen) atoms. The molecule has 0 bridgehead atoms. The number of nitrogens with one attached hydrogen (secondary N) is 1. The van der Waals surface area contributed by atoms with E-state index in [0.717, 1.165) is 17.0 Å². The molecule has 0 aliphatic carbocycles. The van der Waals surface area contributed by atoms with Crippen LogP contribution in [0.4, 0.5) is 5.82 Å². The van der Waals surface area contributed by atoms with E-state index in [1.807, 2.05) is 20.8 Å². The maximum atomic E-state index is 11.0. The van der Waals surface area contributed by atoms with Gasteiger partial charge in [0.25, 0.3) is 0 Å². The predicted molar refractivity (Wildman–Crippen MR) is 74.2 cm³/mol. The molecule has 0 aromatic carbocycles. The third kappa shape index (κ3) is 2.75. The first kappa shape index (κ1) is 14.3. The molecule has 1 atom stereocenters. The second kappa shape index (κ2) is 5.50. The number of hydrogen-bond acceptors (Lipinski definition) is 5. The summed E-state index contributed by atoms with van der Waals surface area (Å²) in [6.07, 6.45) is 0. The molecular weight excluding hydrogens is 282 g/mol. The van der Waals surface area contributed by atoms with Crippen LogP contribution < -0.4 is 5.32 Å². The highest BCUT2D eigenvalue weighted by atomic mass is 35.5. The number of aromatic nitrogens is 2. The molecule has 2 N–H and O–H groups in total. The van der Waals surface area contributed by atoms with Gasteiger partial charge in [0.2, 0.25) is 0 Å². The van der Waals surface area contributed by atoms with E-state index >= 15 is 0 Å². The van der Waals surface area contributed by atoms with Gasteiger partial charge in [0.15, 0.2) is 5.69 Å². The van der Waals surface area contributed by atoms with Crippen molar-refractivity contribution in [1.82, 2.24) is 10.1 Å². The van der Waals surface area contributed by atoms with Crippen LogP contribution in [0.2, 0.25) is 5.02 Å². The average Bonchev–Trinajstić information content (AvgIpc) is 2.71. The number of hydrogen-bond donors (Lipinski definition) is 2. The van der Waals surface area contributed by atoms with Crippen molar-refractivity contribution in [2.24, 2.45) is 0 Å². The van der Waals surface area contributed by atoms with Crippen LogP contribution in [0, 0.1) is 13.8 Å². The number of carboxylic acid groups (broad SMARTS) is 1. The summed E-state index contributed by atoms with van der Waals surface area (Å²) >= 11 is 5.78. The second-order valence-electron chi connectivity index (χ2n) is 4.44. The van der Waals surface area contributed by atoms with Crippen LogP contribution in [0.5, 0.6) is 0 Å². The minimum absolute atomic E-state index is 0.105. The fourth-order valence-corrected chi connectivity index (χ4v) is 2.26. The molecule has 0 radical (unpaired) electrons. The number of rotatable bonds is 4. The number of anilines is 1. The predicted octanol–water partition coefficient (Wildman–Crippen LogP) is 3.21. The van der Waals surface area contributed by atoms with E-state index in [0.29, 0.717) is 5.82 Å². The number of pyridine rings is 1. The minimum Gasteiger partial charge on any atom is -0.476 e. The fourth-order valence-electron chi connectivity index (χ4n) is 2.07. The Morgan fingerprint density at radius 2 is 2.15 bits per heavy atom. The molecule has 0 aliphatic rings. The molecule has 1 unspecified atom stereocenters. The Morgan fingerprint density at radius 1 is 1.45 bits per heavy atom. The first-order chi connectivity index (χ1) is 9.40. The van der Waals surface area contributed by atoms with E-state index in [9.17, 15) is 4.79 Å². The number of nitrogens with zero attached hydrogens (tertiary/aromatic N) is 2. The van der Waals surface area contributed by atoms with Crippen molar-refractivity contribution in [3.05, 3.63) is 39.9 Å². The lowest BCUT2D eigenvalue weighted by Crippen LogP contribution is -2.11. The standard InChI is InChI=1S/C13H14ClN3O3/c1-6(11-7(2)17-20-8(11)3)15-10-5-4-9(14)12(16-10)13(18)19/h4-6H,1-3H3,(H,15,16)(H,18,19). The van der Waals surface area contributed by atoms with Gasteiger partial charge in [0.05, 0.1) is 16.8 Å². The van der Waals surface area contributed by atoms with Crippen LogP contribution in [-0.4, -0.2) is 21.2 Å². The van der Waals surface area contributed by atoms with E-state index < -0.39 is 5.97 Å². The summed E-state index contributed by atoms with van der Waals surface area (Å²) in [6.45, 7) is 5.59. The summed E-state index contributed by atoms with van der Waals surface area (Å²) in [5, 5.41) is 16.1. The van der Waals surface area contributed by atoms with Gasteiger partial charge >= 0.3 is 5.97 Å². The Hall–Kier alpha value is -2.08. The lowest BCUT2D eigenvalue weighted by atomic mass is 10.1. The molecule has 106 valence electrons. The van der Waals surface area contributed by atoms with Crippen LogP contribution in [0.25, 0.3) is 0 Å². The minimum atomic E-state index is -1.16. The monoisotopic (exact) mass is 295 g/mol. The quantitative estimate of drug-likeness (QED) is 0.900. The molecule has 0 fully saturated rings. The molecule has 2 rings (SSSR count). The zero-order valence-corrected chi connectivity index (χ0v) is 12.0. The Morgan fingerprint density at radius 3 is 2.70 bits per heavy atom. The molecule has 6 nitrogen and oxygen atoms in total. The third-order valence-electron chi connectivity index (χ3n) is 2.93. The summed E-state index contributed by atoms with van der Waals surface area (Å²) in [4.78, 5) is 15.0. The Balaban J connectivity index is 2.26. The van der Waals surface area contributed by atoms with Gasteiger partial charge in [-0.25, -0.2) is 9.78 Å². The highest BCUT2D eigenvalue weighted by Gasteiger charge is 2.18. The molecular formula is C13H14ClN3O3. The van der Waals surface area contributed by atoms with Gasteiger partial charge in [-0.05, 0) is 32.9 Å².